The maximum atomic E-state index is 11.8. The van der Waals surface area contributed by atoms with E-state index in [4.69, 9.17) is 4.52 Å². The van der Waals surface area contributed by atoms with Crippen LogP contribution >= 0.6 is 0 Å². The van der Waals surface area contributed by atoms with Crippen molar-refractivity contribution in [3.05, 3.63) is 11.7 Å². The van der Waals surface area contributed by atoms with Gasteiger partial charge in [-0.2, -0.15) is 4.98 Å². The van der Waals surface area contributed by atoms with E-state index in [1.54, 1.807) is 4.90 Å². The SMILES string of the molecule is CC(C)c1noc(CNC(=O)N2CCNCC2)n1. The van der Waals surface area contributed by atoms with E-state index < -0.39 is 0 Å². The Labute approximate surface area is 106 Å². The van der Waals surface area contributed by atoms with Crippen molar-refractivity contribution in [1.82, 2.24) is 25.7 Å². The monoisotopic (exact) mass is 253 g/mol. The third kappa shape index (κ3) is 3.19. The molecule has 1 aliphatic rings. The zero-order chi connectivity index (χ0) is 13.0. The molecule has 2 heterocycles. The standard InChI is InChI=1S/C11H19N5O2/c1-8(2)10-14-9(18-15-10)7-13-11(17)16-5-3-12-4-6-16/h8,12H,3-7H2,1-2H3,(H,13,17). The van der Waals surface area contributed by atoms with Crippen LogP contribution in [0.25, 0.3) is 0 Å². The Morgan fingerprint density at radius 2 is 2.22 bits per heavy atom. The molecule has 18 heavy (non-hydrogen) atoms. The largest absolute Gasteiger partial charge is 0.337 e. The van der Waals surface area contributed by atoms with Crippen LogP contribution < -0.4 is 10.6 Å². The highest BCUT2D eigenvalue weighted by Gasteiger charge is 2.17. The van der Waals surface area contributed by atoms with E-state index in [1.165, 1.54) is 0 Å². The van der Waals surface area contributed by atoms with Gasteiger partial charge in [0, 0.05) is 32.1 Å². The Balaban J connectivity index is 1.81. The third-order valence-corrected chi connectivity index (χ3v) is 2.80. The van der Waals surface area contributed by atoms with Crippen LogP contribution in [0.15, 0.2) is 4.52 Å². The second kappa shape index (κ2) is 5.81. The Kier molecular flexibility index (Phi) is 4.14. The van der Waals surface area contributed by atoms with Crippen molar-refractivity contribution >= 4 is 6.03 Å². The van der Waals surface area contributed by atoms with E-state index in [-0.39, 0.29) is 18.5 Å². The fourth-order valence-corrected chi connectivity index (χ4v) is 1.71. The third-order valence-electron chi connectivity index (χ3n) is 2.80. The molecule has 0 bridgehead atoms. The van der Waals surface area contributed by atoms with Crippen LogP contribution in [-0.2, 0) is 6.54 Å². The van der Waals surface area contributed by atoms with Crippen LogP contribution in [0.2, 0.25) is 0 Å². The van der Waals surface area contributed by atoms with Crippen molar-refractivity contribution in [2.75, 3.05) is 26.2 Å². The Bertz CT molecular complexity index is 398. The molecule has 0 radical (unpaired) electrons. The molecule has 2 rings (SSSR count). The number of carbonyl (C=O) groups is 1. The minimum atomic E-state index is -0.0826. The lowest BCUT2D eigenvalue weighted by molar-refractivity contribution is 0.188. The topological polar surface area (TPSA) is 83.3 Å². The van der Waals surface area contributed by atoms with Crippen LogP contribution in [-0.4, -0.2) is 47.3 Å². The second-order valence-corrected chi connectivity index (χ2v) is 4.60. The predicted molar refractivity (Wildman–Crippen MR) is 65.1 cm³/mol. The summed E-state index contributed by atoms with van der Waals surface area (Å²) in [5.41, 5.74) is 0. The fraction of sp³-hybridized carbons (Fsp3) is 0.727. The van der Waals surface area contributed by atoms with Crippen LogP contribution in [0.1, 0.15) is 31.5 Å². The average molecular weight is 253 g/mol. The van der Waals surface area contributed by atoms with Gasteiger partial charge < -0.3 is 20.1 Å². The molecule has 7 heteroatoms. The number of nitrogens with zero attached hydrogens (tertiary/aromatic N) is 3. The molecule has 1 aliphatic heterocycles. The summed E-state index contributed by atoms with van der Waals surface area (Å²) >= 11 is 0. The Hall–Kier alpha value is -1.63. The van der Waals surface area contributed by atoms with Crippen molar-refractivity contribution in [3.8, 4) is 0 Å². The van der Waals surface area contributed by atoms with Crippen molar-refractivity contribution in [2.24, 2.45) is 0 Å². The first-order valence-electron chi connectivity index (χ1n) is 6.23. The summed E-state index contributed by atoms with van der Waals surface area (Å²) in [6, 6.07) is -0.0826. The summed E-state index contributed by atoms with van der Waals surface area (Å²) < 4.78 is 5.06. The summed E-state index contributed by atoms with van der Waals surface area (Å²) in [7, 11) is 0. The van der Waals surface area contributed by atoms with Gasteiger partial charge in [0.05, 0.1) is 6.54 Å². The number of carbonyl (C=O) groups excluding carboxylic acids is 1. The van der Waals surface area contributed by atoms with Gasteiger partial charge in [-0.3, -0.25) is 0 Å². The van der Waals surface area contributed by atoms with Gasteiger partial charge in [0.1, 0.15) is 0 Å². The van der Waals surface area contributed by atoms with Gasteiger partial charge in [-0.15, -0.1) is 0 Å². The zero-order valence-electron chi connectivity index (χ0n) is 10.8. The number of amides is 2. The van der Waals surface area contributed by atoms with Crippen molar-refractivity contribution < 1.29 is 9.32 Å². The predicted octanol–water partition coefficient (Wildman–Crippen LogP) is 0.308. The van der Waals surface area contributed by atoms with Crippen LogP contribution in [0, 0.1) is 0 Å². The highest BCUT2D eigenvalue weighted by Crippen LogP contribution is 2.09. The van der Waals surface area contributed by atoms with Crippen molar-refractivity contribution in [2.45, 2.75) is 26.3 Å². The minimum Gasteiger partial charge on any atom is -0.337 e. The highest BCUT2D eigenvalue weighted by atomic mass is 16.5. The molecule has 2 N–H and O–H groups in total. The molecule has 0 saturated carbocycles. The first-order chi connectivity index (χ1) is 8.66. The maximum absolute atomic E-state index is 11.8. The van der Waals surface area contributed by atoms with Crippen molar-refractivity contribution in [1.29, 1.82) is 0 Å². The molecule has 7 nitrogen and oxygen atoms in total. The van der Waals surface area contributed by atoms with E-state index >= 15 is 0 Å². The summed E-state index contributed by atoms with van der Waals surface area (Å²) in [5, 5.41) is 9.83. The molecule has 0 unspecified atom stereocenters. The molecule has 0 atom stereocenters. The smallest absolute Gasteiger partial charge is 0.317 e. The normalized spacial score (nSPS) is 16.1. The molecule has 1 fully saturated rings. The first kappa shape index (κ1) is 12.8. The average Bonchev–Trinajstić information content (AvgIpc) is 2.86. The number of rotatable bonds is 3. The van der Waals surface area contributed by atoms with Gasteiger partial charge in [-0.05, 0) is 0 Å². The highest BCUT2D eigenvalue weighted by molar-refractivity contribution is 5.74. The summed E-state index contributed by atoms with van der Waals surface area (Å²) in [4.78, 5) is 17.8. The van der Waals surface area contributed by atoms with Gasteiger partial charge in [-0.1, -0.05) is 19.0 Å². The van der Waals surface area contributed by atoms with Gasteiger partial charge in [0.2, 0.25) is 5.89 Å². The van der Waals surface area contributed by atoms with Crippen LogP contribution in [0.3, 0.4) is 0 Å². The molecule has 0 aliphatic carbocycles. The number of hydrogen-bond donors (Lipinski definition) is 2. The van der Waals surface area contributed by atoms with E-state index in [9.17, 15) is 4.79 Å². The van der Waals surface area contributed by atoms with E-state index in [0.29, 0.717) is 11.7 Å². The second-order valence-electron chi connectivity index (χ2n) is 4.60. The summed E-state index contributed by atoms with van der Waals surface area (Å²) in [6.45, 7) is 7.40. The molecule has 1 aromatic rings. The molecule has 1 saturated heterocycles. The number of piperazine rings is 1. The lowest BCUT2D eigenvalue weighted by Gasteiger charge is -2.27. The Morgan fingerprint density at radius 3 is 2.83 bits per heavy atom. The molecular weight excluding hydrogens is 234 g/mol. The summed E-state index contributed by atoms with van der Waals surface area (Å²) in [5.74, 6) is 1.34. The molecular formula is C11H19N5O2. The van der Waals surface area contributed by atoms with Gasteiger partial charge in [0.25, 0.3) is 0 Å². The fourth-order valence-electron chi connectivity index (χ4n) is 1.71. The quantitative estimate of drug-likeness (QED) is 0.810. The zero-order valence-corrected chi connectivity index (χ0v) is 10.8. The van der Waals surface area contributed by atoms with Gasteiger partial charge in [0.15, 0.2) is 5.82 Å². The van der Waals surface area contributed by atoms with Gasteiger partial charge in [-0.25, -0.2) is 4.79 Å². The first-order valence-corrected chi connectivity index (χ1v) is 6.23. The Morgan fingerprint density at radius 1 is 1.50 bits per heavy atom. The molecule has 0 aromatic carbocycles. The van der Waals surface area contributed by atoms with Crippen molar-refractivity contribution in [3.63, 3.8) is 0 Å². The van der Waals surface area contributed by atoms with E-state index in [0.717, 1.165) is 26.2 Å². The number of urea groups is 1. The number of nitrogens with one attached hydrogen (secondary N) is 2. The lowest BCUT2D eigenvalue weighted by atomic mass is 10.2. The molecule has 0 spiro atoms. The van der Waals surface area contributed by atoms with E-state index in [1.807, 2.05) is 13.8 Å². The maximum Gasteiger partial charge on any atom is 0.317 e. The minimum absolute atomic E-state index is 0.0826. The van der Waals surface area contributed by atoms with E-state index in [2.05, 4.69) is 20.8 Å². The molecule has 2 amide bonds. The number of hydrogen-bond acceptors (Lipinski definition) is 5. The summed E-state index contributed by atoms with van der Waals surface area (Å²) in [6.07, 6.45) is 0. The molecule has 1 aromatic heterocycles. The van der Waals surface area contributed by atoms with Crippen LogP contribution in [0.5, 0.6) is 0 Å². The van der Waals surface area contributed by atoms with Gasteiger partial charge >= 0.3 is 6.03 Å². The lowest BCUT2D eigenvalue weighted by Crippen LogP contribution is -2.50. The van der Waals surface area contributed by atoms with Crippen LogP contribution in [0.4, 0.5) is 4.79 Å². The molecule has 100 valence electrons. The number of aromatic nitrogens is 2.